The van der Waals surface area contributed by atoms with E-state index in [0.717, 1.165) is 72.3 Å². The highest BCUT2D eigenvalue weighted by Gasteiger charge is 2.25. The molecule has 0 radical (unpaired) electrons. The highest BCUT2D eigenvalue weighted by molar-refractivity contribution is 6.24. The Bertz CT molecular complexity index is 4210. The third-order valence-corrected chi connectivity index (χ3v) is 13.2. The maximum atomic E-state index is 5.64. The van der Waals surface area contributed by atoms with E-state index >= 15 is 0 Å². The summed E-state index contributed by atoms with van der Waals surface area (Å²) in [5, 5.41) is 12.1. The smallest absolute Gasteiger partial charge is 0.165 e. The Labute approximate surface area is 360 Å². The van der Waals surface area contributed by atoms with Crippen LogP contribution in [0, 0.1) is 0 Å². The number of nitrogens with zero attached hydrogens (tertiary/aromatic N) is 5. The Hall–Kier alpha value is -8.54. The fraction of sp³-hybridized carbons (Fsp3) is 0. The van der Waals surface area contributed by atoms with Gasteiger partial charge in [-0.1, -0.05) is 146 Å². The molecule has 0 saturated carbocycles. The van der Waals surface area contributed by atoms with E-state index in [1.54, 1.807) is 0 Å². The van der Waals surface area contributed by atoms with Gasteiger partial charge in [-0.25, -0.2) is 9.97 Å². The summed E-state index contributed by atoms with van der Waals surface area (Å²) in [6, 6.07) is 76.5. The number of hydrogen-bond donors (Lipinski definition) is 0. The molecule has 0 N–H and O–H groups in total. The molecule has 5 heteroatoms. The molecule has 292 valence electrons. The van der Waals surface area contributed by atoms with Crippen molar-refractivity contribution in [2.24, 2.45) is 0 Å². The van der Waals surface area contributed by atoms with Crippen molar-refractivity contribution in [1.82, 2.24) is 23.7 Å². The van der Waals surface area contributed by atoms with Gasteiger partial charge in [-0.2, -0.15) is 0 Å². The lowest BCUT2D eigenvalue weighted by Gasteiger charge is -2.16. The van der Waals surface area contributed by atoms with E-state index < -0.39 is 0 Å². The van der Waals surface area contributed by atoms with E-state index in [1.165, 1.54) is 54.1 Å². The SMILES string of the molecule is c1ccc(-n2c3ccccc3c3c(-c4nc5ccccc5nc4-n4c5cc(-n6c7ccccc7c7c8ccccc8ccc76)ccc5c5c6ccccc6ccc54)cccc32)cc1. The zero-order valence-electron chi connectivity index (χ0n) is 33.9. The minimum atomic E-state index is 0.790. The molecule has 5 nitrogen and oxygen atoms in total. The van der Waals surface area contributed by atoms with Crippen LogP contribution in [0.3, 0.4) is 0 Å². The first-order chi connectivity index (χ1) is 31.3. The van der Waals surface area contributed by atoms with Crippen molar-refractivity contribution in [3.63, 3.8) is 0 Å². The van der Waals surface area contributed by atoms with Gasteiger partial charge in [0.25, 0.3) is 0 Å². The number of fused-ring (bicyclic) bond motifs is 14. The van der Waals surface area contributed by atoms with Crippen LogP contribution in [-0.4, -0.2) is 23.7 Å². The summed E-state index contributed by atoms with van der Waals surface area (Å²) in [5.41, 5.74) is 12.5. The topological polar surface area (TPSA) is 40.6 Å². The molecule has 0 atom stereocenters. The summed E-state index contributed by atoms with van der Waals surface area (Å²) in [6.45, 7) is 0. The zero-order valence-corrected chi connectivity index (χ0v) is 33.9. The van der Waals surface area contributed by atoms with E-state index in [0.29, 0.717) is 0 Å². The second-order valence-corrected chi connectivity index (χ2v) is 16.5. The molecule has 0 spiro atoms. The van der Waals surface area contributed by atoms with E-state index in [9.17, 15) is 0 Å². The summed E-state index contributed by atoms with van der Waals surface area (Å²) in [6.07, 6.45) is 0. The lowest BCUT2D eigenvalue weighted by Crippen LogP contribution is -2.04. The lowest BCUT2D eigenvalue weighted by atomic mass is 10.0. The third-order valence-electron chi connectivity index (χ3n) is 13.2. The number of aromatic nitrogens is 5. The van der Waals surface area contributed by atoms with E-state index in [-0.39, 0.29) is 0 Å². The predicted molar refractivity (Wildman–Crippen MR) is 263 cm³/mol. The van der Waals surface area contributed by atoms with Crippen LogP contribution in [-0.2, 0) is 0 Å². The molecule has 0 saturated heterocycles. The highest BCUT2D eigenvalue weighted by atomic mass is 15.1. The standard InChI is InChI=1S/C58H35N5/c1-2-17-38(18-3-1)61-48-26-12-9-22-43(48)56-45(23-14-28-50(56)61)57-58(60-47-25-11-10-24-46(47)59-57)63-52-34-30-37-16-5-7-20-41(37)55(52)44-32-31-39(35-53(44)63)62-49-27-13-8-21-42(49)54-40-19-6-4-15-36(40)29-33-51(54)62/h1-35H. The first-order valence-corrected chi connectivity index (χ1v) is 21.5. The van der Waals surface area contributed by atoms with Gasteiger partial charge in [0, 0.05) is 49.3 Å². The summed E-state index contributed by atoms with van der Waals surface area (Å²) in [4.78, 5) is 11.2. The Morgan fingerprint density at radius 3 is 1.49 bits per heavy atom. The van der Waals surface area contributed by atoms with Crippen molar-refractivity contribution >= 4 is 98.0 Å². The summed E-state index contributed by atoms with van der Waals surface area (Å²) >= 11 is 0. The molecule has 10 aromatic carbocycles. The first-order valence-electron chi connectivity index (χ1n) is 21.5. The Morgan fingerprint density at radius 2 is 0.794 bits per heavy atom. The fourth-order valence-corrected chi connectivity index (χ4v) is 10.6. The molecular weight excluding hydrogens is 767 g/mol. The predicted octanol–water partition coefficient (Wildman–Crippen LogP) is 14.9. The van der Waals surface area contributed by atoms with Gasteiger partial charge in [0.1, 0.15) is 5.69 Å². The molecule has 0 amide bonds. The molecule has 0 unspecified atom stereocenters. The Morgan fingerprint density at radius 1 is 0.286 bits per heavy atom. The van der Waals surface area contributed by atoms with Gasteiger partial charge < -0.3 is 9.13 Å². The van der Waals surface area contributed by atoms with Gasteiger partial charge >= 0.3 is 0 Å². The number of rotatable bonds is 4. The van der Waals surface area contributed by atoms with Crippen molar-refractivity contribution in [3.05, 3.63) is 212 Å². The average Bonchev–Trinajstić information content (AvgIpc) is 3.99. The molecule has 0 aliphatic carbocycles. The summed E-state index contributed by atoms with van der Waals surface area (Å²) in [5.74, 6) is 0.790. The van der Waals surface area contributed by atoms with E-state index in [2.05, 4.69) is 226 Å². The summed E-state index contributed by atoms with van der Waals surface area (Å²) < 4.78 is 7.19. The normalized spacial score (nSPS) is 12.1. The molecule has 4 heterocycles. The lowest BCUT2D eigenvalue weighted by molar-refractivity contribution is 1.08. The summed E-state index contributed by atoms with van der Waals surface area (Å²) in [7, 11) is 0. The van der Waals surface area contributed by atoms with Crippen molar-refractivity contribution in [3.8, 4) is 28.5 Å². The van der Waals surface area contributed by atoms with Crippen molar-refractivity contribution in [1.29, 1.82) is 0 Å². The number of hydrogen-bond acceptors (Lipinski definition) is 2. The van der Waals surface area contributed by atoms with Crippen LogP contribution in [0.25, 0.3) is 126 Å². The van der Waals surface area contributed by atoms with Crippen LogP contribution in [0.4, 0.5) is 0 Å². The zero-order chi connectivity index (χ0) is 41.2. The van der Waals surface area contributed by atoms with Crippen LogP contribution in [0.1, 0.15) is 0 Å². The average molecular weight is 802 g/mol. The van der Waals surface area contributed by atoms with Crippen LogP contribution in [0.2, 0.25) is 0 Å². The van der Waals surface area contributed by atoms with Gasteiger partial charge in [0.05, 0.1) is 44.1 Å². The minimum Gasteiger partial charge on any atom is -0.309 e. The van der Waals surface area contributed by atoms with Crippen molar-refractivity contribution < 1.29 is 0 Å². The molecule has 0 aliphatic heterocycles. The number of benzene rings is 10. The third kappa shape index (κ3) is 4.82. The van der Waals surface area contributed by atoms with E-state index in [1.807, 2.05) is 0 Å². The number of para-hydroxylation sites is 5. The maximum absolute atomic E-state index is 5.64. The monoisotopic (exact) mass is 801 g/mol. The highest BCUT2D eigenvalue weighted by Crippen LogP contribution is 2.44. The molecule has 14 rings (SSSR count). The van der Waals surface area contributed by atoms with Crippen LogP contribution in [0.15, 0.2) is 212 Å². The fourth-order valence-electron chi connectivity index (χ4n) is 10.6. The molecule has 4 aromatic heterocycles. The van der Waals surface area contributed by atoms with Gasteiger partial charge in [0.2, 0.25) is 0 Å². The second-order valence-electron chi connectivity index (χ2n) is 16.5. The Balaban J connectivity index is 1.13. The minimum absolute atomic E-state index is 0.790. The van der Waals surface area contributed by atoms with Gasteiger partial charge in [-0.05, 0) is 88.3 Å². The maximum Gasteiger partial charge on any atom is 0.165 e. The van der Waals surface area contributed by atoms with Crippen LogP contribution >= 0.6 is 0 Å². The quantitative estimate of drug-likeness (QED) is 0.178. The molecular formula is C58H35N5. The van der Waals surface area contributed by atoms with Crippen molar-refractivity contribution in [2.45, 2.75) is 0 Å². The molecule has 0 aliphatic rings. The van der Waals surface area contributed by atoms with Crippen LogP contribution < -0.4 is 0 Å². The molecule has 0 fully saturated rings. The van der Waals surface area contributed by atoms with Crippen LogP contribution in [0.5, 0.6) is 0 Å². The van der Waals surface area contributed by atoms with E-state index in [4.69, 9.17) is 9.97 Å². The molecule has 63 heavy (non-hydrogen) atoms. The molecule has 0 bridgehead atoms. The largest absolute Gasteiger partial charge is 0.309 e. The second kappa shape index (κ2) is 13.0. The van der Waals surface area contributed by atoms with Crippen molar-refractivity contribution in [2.75, 3.05) is 0 Å². The first kappa shape index (κ1) is 34.2. The van der Waals surface area contributed by atoms with Gasteiger partial charge in [0.15, 0.2) is 5.82 Å². The molecule has 14 aromatic rings. The Kier molecular flexibility index (Phi) is 7.05. The van der Waals surface area contributed by atoms with Gasteiger partial charge in [-0.3, -0.25) is 4.57 Å². The van der Waals surface area contributed by atoms with Gasteiger partial charge in [-0.15, -0.1) is 0 Å².